The van der Waals surface area contributed by atoms with Gasteiger partial charge in [0.15, 0.2) is 0 Å². The molecule has 26 heavy (non-hydrogen) atoms. The summed E-state index contributed by atoms with van der Waals surface area (Å²) < 4.78 is 2.07. The predicted octanol–water partition coefficient (Wildman–Crippen LogP) is 2.67. The van der Waals surface area contributed by atoms with Crippen LogP contribution >= 0.6 is 0 Å². The largest absolute Gasteiger partial charge is 0.396 e. The Kier molecular flexibility index (Phi) is 6.83. The van der Waals surface area contributed by atoms with E-state index in [1.54, 1.807) is 0 Å². The molecule has 2 heterocycles. The van der Waals surface area contributed by atoms with E-state index in [2.05, 4.69) is 70.0 Å². The third-order valence-electron chi connectivity index (χ3n) is 5.27. The number of aryl methyl sites for hydroxylation is 2. The lowest BCUT2D eigenvalue weighted by Gasteiger charge is -2.41. The smallest absolute Gasteiger partial charge is 0.0638 e. The first-order chi connectivity index (χ1) is 12.7. The molecule has 1 aliphatic heterocycles. The molecule has 5 nitrogen and oxygen atoms in total. The van der Waals surface area contributed by atoms with E-state index < -0.39 is 0 Å². The Hall–Kier alpha value is -1.69. The van der Waals surface area contributed by atoms with Crippen molar-refractivity contribution in [3.63, 3.8) is 0 Å². The number of hydrogen-bond donors (Lipinski definition) is 1. The molecule has 0 aliphatic carbocycles. The maximum atomic E-state index is 9.53. The molecular formula is C21H32N4O. The number of aliphatic hydroxyl groups is 1. The normalized spacial score (nSPS) is 19.1. The van der Waals surface area contributed by atoms with Crippen LogP contribution in [-0.2, 0) is 19.6 Å². The highest BCUT2D eigenvalue weighted by Crippen LogP contribution is 2.19. The van der Waals surface area contributed by atoms with Crippen molar-refractivity contribution in [1.29, 1.82) is 0 Å². The van der Waals surface area contributed by atoms with Gasteiger partial charge in [0, 0.05) is 63.7 Å². The number of nitrogens with zero attached hydrogens (tertiary/aromatic N) is 4. The zero-order chi connectivity index (χ0) is 18.4. The first kappa shape index (κ1) is 19.1. The molecule has 0 saturated carbocycles. The number of rotatable bonds is 8. The Bertz CT molecular complexity index is 670. The number of aromatic nitrogens is 2. The zero-order valence-corrected chi connectivity index (χ0v) is 16.1. The average Bonchev–Trinajstić information content (AvgIpc) is 2.98. The third kappa shape index (κ3) is 4.93. The lowest BCUT2D eigenvalue weighted by Crippen LogP contribution is -2.52. The van der Waals surface area contributed by atoms with Crippen molar-refractivity contribution in [3.8, 4) is 0 Å². The predicted molar refractivity (Wildman–Crippen MR) is 105 cm³/mol. The quantitative estimate of drug-likeness (QED) is 0.790. The van der Waals surface area contributed by atoms with Crippen molar-refractivity contribution in [2.24, 2.45) is 0 Å². The van der Waals surface area contributed by atoms with Crippen LogP contribution in [0.3, 0.4) is 0 Å². The third-order valence-corrected chi connectivity index (χ3v) is 5.27. The SMILES string of the molecule is CCCn1cc(CN2CCN(Cc3ccccc3)C(CCO)C2)c(C)n1. The van der Waals surface area contributed by atoms with E-state index in [0.29, 0.717) is 6.04 Å². The van der Waals surface area contributed by atoms with E-state index in [-0.39, 0.29) is 6.61 Å². The maximum Gasteiger partial charge on any atom is 0.0638 e. The van der Waals surface area contributed by atoms with Gasteiger partial charge in [-0.3, -0.25) is 14.5 Å². The summed E-state index contributed by atoms with van der Waals surface area (Å²) in [4.78, 5) is 5.04. The minimum Gasteiger partial charge on any atom is -0.396 e. The fourth-order valence-electron chi connectivity index (χ4n) is 3.85. The molecule has 0 radical (unpaired) electrons. The van der Waals surface area contributed by atoms with Crippen LogP contribution in [0.1, 0.15) is 36.6 Å². The lowest BCUT2D eigenvalue weighted by molar-refractivity contribution is 0.0499. The van der Waals surface area contributed by atoms with Gasteiger partial charge >= 0.3 is 0 Å². The molecule has 1 aromatic carbocycles. The molecule has 1 N–H and O–H groups in total. The van der Waals surface area contributed by atoms with Crippen molar-refractivity contribution in [2.75, 3.05) is 26.2 Å². The van der Waals surface area contributed by atoms with Crippen molar-refractivity contribution in [2.45, 2.75) is 52.4 Å². The Morgan fingerprint density at radius 1 is 1.15 bits per heavy atom. The summed E-state index contributed by atoms with van der Waals surface area (Å²) in [6, 6.07) is 11.0. The molecule has 2 aromatic rings. The van der Waals surface area contributed by atoms with Crippen LogP contribution in [0.5, 0.6) is 0 Å². The van der Waals surface area contributed by atoms with Gasteiger partial charge in [-0.05, 0) is 25.3 Å². The summed E-state index contributed by atoms with van der Waals surface area (Å²) in [6.45, 7) is 10.6. The van der Waals surface area contributed by atoms with Crippen molar-refractivity contribution < 1.29 is 5.11 Å². The molecule has 1 aliphatic rings. The molecule has 1 unspecified atom stereocenters. The van der Waals surface area contributed by atoms with Crippen LogP contribution in [-0.4, -0.2) is 57.0 Å². The summed E-state index contributed by atoms with van der Waals surface area (Å²) in [5, 5.41) is 14.2. The van der Waals surface area contributed by atoms with Crippen molar-refractivity contribution in [1.82, 2.24) is 19.6 Å². The monoisotopic (exact) mass is 356 g/mol. The highest BCUT2D eigenvalue weighted by molar-refractivity contribution is 5.16. The highest BCUT2D eigenvalue weighted by atomic mass is 16.3. The maximum absolute atomic E-state index is 9.53. The molecule has 1 aromatic heterocycles. The van der Waals surface area contributed by atoms with Gasteiger partial charge < -0.3 is 5.11 Å². The van der Waals surface area contributed by atoms with Crippen molar-refractivity contribution >= 4 is 0 Å². The first-order valence-corrected chi connectivity index (χ1v) is 9.83. The number of aliphatic hydroxyl groups excluding tert-OH is 1. The Morgan fingerprint density at radius 2 is 1.96 bits per heavy atom. The minimum absolute atomic E-state index is 0.247. The second-order valence-electron chi connectivity index (χ2n) is 7.36. The first-order valence-electron chi connectivity index (χ1n) is 9.83. The highest BCUT2D eigenvalue weighted by Gasteiger charge is 2.27. The minimum atomic E-state index is 0.247. The second-order valence-corrected chi connectivity index (χ2v) is 7.36. The summed E-state index contributed by atoms with van der Waals surface area (Å²) in [5.41, 5.74) is 3.82. The Morgan fingerprint density at radius 3 is 2.69 bits per heavy atom. The topological polar surface area (TPSA) is 44.5 Å². The van der Waals surface area contributed by atoms with Gasteiger partial charge in [0.05, 0.1) is 5.69 Å². The van der Waals surface area contributed by atoms with E-state index in [1.807, 2.05) is 0 Å². The number of hydrogen-bond acceptors (Lipinski definition) is 4. The van der Waals surface area contributed by atoms with Gasteiger partial charge in [0.2, 0.25) is 0 Å². The molecule has 0 bridgehead atoms. The molecule has 1 fully saturated rings. The Labute approximate surface area is 157 Å². The van der Waals surface area contributed by atoms with E-state index in [0.717, 1.165) is 57.8 Å². The van der Waals surface area contributed by atoms with Gasteiger partial charge in [0.1, 0.15) is 0 Å². The molecule has 0 spiro atoms. The van der Waals surface area contributed by atoms with Crippen LogP contribution in [0.2, 0.25) is 0 Å². The fourth-order valence-corrected chi connectivity index (χ4v) is 3.85. The zero-order valence-electron chi connectivity index (χ0n) is 16.1. The second kappa shape index (κ2) is 9.31. The lowest BCUT2D eigenvalue weighted by atomic mass is 10.1. The van der Waals surface area contributed by atoms with Crippen LogP contribution in [0.25, 0.3) is 0 Å². The van der Waals surface area contributed by atoms with Gasteiger partial charge in [-0.1, -0.05) is 37.3 Å². The van der Waals surface area contributed by atoms with E-state index >= 15 is 0 Å². The van der Waals surface area contributed by atoms with Crippen LogP contribution in [0.15, 0.2) is 36.5 Å². The summed E-state index contributed by atoms with van der Waals surface area (Å²) in [6.07, 6.45) is 4.14. The molecular weight excluding hydrogens is 324 g/mol. The number of piperazine rings is 1. The molecule has 142 valence electrons. The average molecular weight is 357 g/mol. The molecule has 0 amide bonds. The number of benzene rings is 1. The Balaban J connectivity index is 1.62. The van der Waals surface area contributed by atoms with E-state index in [4.69, 9.17) is 0 Å². The summed E-state index contributed by atoms with van der Waals surface area (Å²) in [7, 11) is 0. The molecule has 1 saturated heterocycles. The molecule has 3 rings (SSSR count). The summed E-state index contributed by atoms with van der Waals surface area (Å²) >= 11 is 0. The molecule has 5 heteroatoms. The van der Waals surface area contributed by atoms with Crippen molar-refractivity contribution in [3.05, 3.63) is 53.3 Å². The fraction of sp³-hybridized carbons (Fsp3) is 0.571. The van der Waals surface area contributed by atoms with Gasteiger partial charge in [0.25, 0.3) is 0 Å². The van der Waals surface area contributed by atoms with Gasteiger partial charge in [-0.25, -0.2) is 0 Å². The van der Waals surface area contributed by atoms with E-state index in [9.17, 15) is 5.11 Å². The van der Waals surface area contributed by atoms with Gasteiger partial charge in [-0.15, -0.1) is 0 Å². The summed E-state index contributed by atoms with van der Waals surface area (Å²) in [5.74, 6) is 0. The van der Waals surface area contributed by atoms with Crippen LogP contribution in [0.4, 0.5) is 0 Å². The van der Waals surface area contributed by atoms with Gasteiger partial charge in [-0.2, -0.15) is 5.10 Å². The standard InChI is InChI=1S/C21H32N4O/c1-3-10-25-16-20(18(2)22-25)15-23-11-12-24(21(17-23)9-13-26)14-19-7-5-4-6-8-19/h4-8,16,21,26H,3,9-15,17H2,1-2H3. The van der Waals surface area contributed by atoms with Crippen LogP contribution < -0.4 is 0 Å². The van der Waals surface area contributed by atoms with Crippen LogP contribution in [0, 0.1) is 6.92 Å². The molecule has 1 atom stereocenters. The van der Waals surface area contributed by atoms with E-state index in [1.165, 1.54) is 11.1 Å².